The number of phosphoric acid groups is 3. The number of aliphatic hydroxyl groups excluding tert-OH is 1. The highest BCUT2D eigenvalue weighted by atomic mass is 32.1. The molecule has 2 rings (SSSR count). The minimum Gasteiger partial charge on any atom is -0.384 e. The maximum Gasteiger partial charge on any atom is 0.490 e. The average molecular weight is 568 g/mol. The summed E-state index contributed by atoms with van der Waals surface area (Å²) in [6, 6.07) is 0. The molecule has 2 heterocycles. The summed E-state index contributed by atoms with van der Waals surface area (Å²) in [4.78, 5) is 49.0. The number of hydrogen-bond acceptors (Lipinski definition) is 11. The average Bonchev–Trinajstić information content (AvgIpc) is 2.82. The van der Waals surface area contributed by atoms with Crippen molar-refractivity contribution in [1.82, 2.24) is 9.55 Å². The quantitative estimate of drug-likeness (QED) is 0.149. The number of nitrogens with one attached hydrogen (secondary N) is 1. The zero-order valence-corrected chi connectivity index (χ0v) is 18.9. The maximum atomic E-state index is 15.1. The first-order valence-electron chi connectivity index (χ1n) is 7.88. The third kappa shape index (κ3) is 6.45. The molecule has 1 aliphatic heterocycles. The van der Waals surface area contributed by atoms with Gasteiger partial charge in [-0.25, -0.2) is 31.7 Å². The van der Waals surface area contributed by atoms with Crippen LogP contribution in [-0.2, 0) is 31.6 Å². The van der Waals surface area contributed by atoms with Gasteiger partial charge in [-0.1, -0.05) is 12.2 Å². The smallest absolute Gasteiger partial charge is 0.384 e. The molecule has 3 unspecified atom stereocenters. The maximum absolute atomic E-state index is 15.1. The van der Waals surface area contributed by atoms with E-state index in [1.54, 1.807) is 4.98 Å². The van der Waals surface area contributed by atoms with E-state index < -0.39 is 76.7 Å². The van der Waals surface area contributed by atoms with Gasteiger partial charge in [0.05, 0.1) is 6.20 Å². The summed E-state index contributed by atoms with van der Waals surface area (Å²) >= 11 is 4.45. The van der Waals surface area contributed by atoms with E-state index in [-0.39, 0.29) is 10.8 Å². The summed E-state index contributed by atoms with van der Waals surface area (Å²) in [5.41, 5.74) is -4.68. The minimum atomic E-state index is -5.98. The van der Waals surface area contributed by atoms with Gasteiger partial charge in [-0.05, 0) is 0 Å². The molecule has 1 fully saturated rings. The van der Waals surface area contributed by atoms with E-state index >= 15 is 4.39 Å². The fourth-order valence-corrected chi connectivity index (χ4v) is 5.69. The fraction of sp³-hybridized carbons (Fsp3) is 0.600. The Labute approximate surface area is 184 Å². The number of halogens is 3. The lowest BCUT2D eigenvalue weighted by atomic mass is 9.94. The Bertz CT molecular complexity index is 1170. The van der Waals surface area contributed by atoms with Crippen LogP contribution in [0.15, 0.2) is 11.0 Å². The summed E-state index contributed by atoms with van der Waals surface area (Å²) in [5, 5.41) is 20.4. The van der Waals surface area contributed by atoms with Crippen LogP contribution in [0.25, 0.3) is 0 Å². The van der Waals surface area contributed by atoms with Crippen molar-refractivity contribution in [3.63, 3.8) is 0 Å². The van der Waals surface area contributed by atoms with Crippen LogP contribution in [0.4, 0.5) is 13.2 Å². The highest BCUT2D eigenvalue weighted by Gasteiger charge is 2.66. The SMILES string of the molecule is O=c1[nH]c(=S)c(F)cn1[C@@H]1O[C@](F)(COP(=O)(O)OP(=O)(O)OP(=O)(O)O)[C@H](O)C1(O)CF. The molecule has 1 saturated heterocycles. The number of hydrogen-bond donors (Lipinski definition) is 7. The molecule has 1 aliphatic rings. The molecule has 7 N–H and O–H groups in total. The Hall–Kier alpha value is -0.820. The Kier molecular flexibility index (Phi) is 8.03. The zero-order chi connectivity index (χ0) is 25.6. The van der Waals surface area contributed by atoms with Crippen molar-refractivity contribution in [2.24, 2.45) is 0 Å². The first kappa shape index (κ1) is 28.4. The molecule has 6 atom stereocenters. The van der Waals surface area contributed by atoms with Gasteiger partial charge in [0.15, 0.2) is 23.8 Å². The summed E-state index contributed by atoms with van der Waals surface area (Å²) < 4.78 is 90.6. The number of aliphatic hydroxyl groups is 2. The molecule has 190 valence electrons. The van der Waals surface area contributed by atoms with Crippen LogP contribution in [0.2, 0.25) is 0 Å². The van der Waals surface area contributed by atoms with E-state index in [2.05, 4.69) is 30.1 Å². The van der Waals surface area contributed by atoms with Crippen LogP contribution < -0.4 is 5.69 Å². The Morgan fingerprint density at radius 3 is 2.30 bits per heavy atom. The molecule has 23 heteroatoms. The lowest BCUT2D eigenvalue weighted by Gasteiger charge is -2.29. The van der Waals surface area contributed by atoms with Gasteiger partial charge in [0.2, 0.25) is 0 Å². The summed E-state index contributed by atoms with van der Waals surface area (Å²) in [5.74, 6) is -5.16. The van der Waals surface area contributed by atoms with Crippen LogP contribution in [0.3, 0.4) is 0 Å². The van der Waals surface area contributed by atoms with Crippen LogP contribution in [-0.4, -0.2) is 70.2 Å². The minimum absolute atomic E-state index is 0.0695. The van der Waals surface area contributed by atoms with Gasteiger partial charge in [-0.3, -0.25) is 14.1 Å². The molecule has 1 aromatic heterocycles. The number of ether oxygens (including phenoxy) is 1. The third-order valence-corrected chi connectivity index (χ3v) is 7.93. The number of rotatable bonds is 9. The molecule has 16 nitrogen and oxygen atoms in total. The van der Waals surface area contributed by atoms with Crippen LogP contribution in [0, 0.1) is 10.5 Å². The molecule has 0 radical (unpaired) electrons. The van der Waals surface area contributed by atoms with Gasteiger partial charge in [0.25, 0.3) is 5.85 Å². The van der Waals surface area contributed by atoms with E-state index in [1.807, 2.05) is 0 Å². The fourth-order valence-electron chi connectivity index (χ4n) is 2.52. The van der Waals surface area contributed by atoms with Crippen molar-refractivity contribution in [3.8, 4) is 0 Å². The van der Waals surface area contributed by atoms with E-state index in [0.717, 1.165) is 0 Å². The van der Waals surface area contributed by atoms with Crippen LogP contribution >= 0.6 is 35.7 Å². The van der Waals surface area contributed by atoms with Gasteiger partial charge in [-0.15, -0.1) is 0 Å². The summed E-state index contributed by atoms with van der Waals surface area (Å²) in [6.07, 6.45) is -5.24. The number of phosphoric ester groups is 1. The van der Waals surface area contributed by atoms with Gasteiger partial charge in [-0.2, -0.15) is 8.62 Å². The highest BCUT2D eigenvalue weighted by Crippen LogP contribution is 2.66. The van der Waals surface area contributed by atoms with Crippen LogP contribution in [0.5, 0.6) is 0 Å². The second-order valence-corrected chi connectivity index (χ2v) is 11.1. The number of alkyl halides is 2. The monoisotopic (exact) mass is 568 g/mol. The number of aromatic nitrogens is 2. The van der Waals surface area contributed by atoms with Crippen molar-refractivity contribution in [1.29, 1.82) is 0 Å². The molecule has 0 aromatic carbocycles. The predicted octanol–water partition coefficient (Wildman–Crippen LogP) is -0.356. The molecule has 0 amide bonds. The molecule has 0 spiro atoms. The lowest BCUT2D eigenvalue weighted by molar-refractivity contribution is -0.205. The van der Waals surface area contributed by atoms with Gasteiger partial charge in [0, 0.05) is 0 Å². The molecular weight excluding hydrogens is 554 g/mol. The number of nitrogens with zero attached hydrogens (tertiary/aromatic N) is 1. The Balaban J connectivity index is 2.31. The predicted molar refractivity (Wildman–Crippen MR) is 96.6 cm³/mol. The van der Waals surface area contributed by atoms with E-state index in [1.165, 1.54) is 0 Å². The van der Waals surface area contributed by atoms with Crippen molar-refractivity contribution in [3.05, 3.63) is 27.1 Å². The molecule has 0 bridgehead atoms. The normalized spacial score (nSPS) is 31.8. The molecule has 0 saturated carbocycles. The second-order valence-electron chi connectivity index (χ2n) is 6.29. The number of H-pyrrole nitrogens is 1. The number of aromatic amines is 1. The second kappa shape index (κ2) is 9.33. The van der Waals surface area contributed by atoms with Crippen molar-refractivity contribution in [2.45, 2.75) is 23.8 Å². The molecular formula is C10H14F3N2O14P3S. The van der Waals surface area contributed by atoms with Gasteiger partial charge >= 0.3 is 29.2 Å². The topological polar surface area (TPSA) is 247 Å². The van der Waals surface area contributed by atoms with Crippen molar-refractivity contribution < 1.29 is 74.5 Å². The lowest BCUT2D eigenvalue weighted by Crippen LogP contribution is -2.53. The molecule has 1 aromatic rings. The van der Waals surface area contributed by atoms with Gasteiger partial charge in [0.1, 0.15) is 17.9 Å². The Morgan fingerprint density at radius 1 is 1.21 bits per heavy atom. The Morgan fingerprint density at radius 2 is 1.79 bits per heavy atom. The zero-order valence-electron chi connectivity index (χ0n) is 15.4. The molecule has 0 aliphatic carbocycles. The van der Waals surface area contributed by atoms with E-state index in [9.17, 15) is 42.4 Å². The molecule has 33 heavy (non-hydrogen) atoms. The van der Waals surface area contributed by atoms with Crippen LogP contribution in [0.1, 0.15) is 6.23 Å². The summed E-state index contributed by atoms with van der Waals surface area (Å²) in [7, 11) is -17.6. The van der Waals surface area contributed by atoms with Gasteiger partial charge < -0.3 is 34.5 Å². The first-order valence-corrected chi connectivity index (χ1v) is 12.8. The standard InChI is InChI=1S/C10H14F3N2O14P3S/c11-2-9(18)6(16)10(13,27-7(9)15-1-4(12)5(33)14-8(15)17)3-26-31(22,23)29-32(24,25)28-30(19,20)21/h1,6-7,16,18H,2-3H2,(H,22,23)(H,24,25)(H,14,17,33)(H2,19,20,21)/t6-,7-,9?,10-/m1/s1. The van der Waals surface area contributed by atoms with Crippen molar-refractivity contribution >= 4 is 35.7 Å². The third-order valence-electron chi connectivity index (χ3n) is 3.85. The largest absolute Gasteiger partial charge is 0.490 e. The van der Waals surface area contributed by atoms with Crippen molar-refractivity contribution in [2.75, 3.05) is 13.3 Å². The highest BCUT2D eigenvalue weighted by molar-refractivity contribution is 7.71. The summed E-state index contributed by atoms with van der Waals surface area (Å²) in [6.45, 7) is -4.00. The first-order chi connectivity index (χ1) is 14.8. The van der Waals surface area contributed by atoms with E-state index in [4.69, 9.17) is 14.7 Å². The van der Waals surface area contributed by atoms with E-state index in [0.29, 0.717) is 0 Å².